The number of anilines is 2. The average Bonchev–Trinajstić information content (AvgIpc) is 3.42. The van der Waals surface area contributed by atoms with Crippen molar-refractivity contribution in [2.24, 2.45) is 0 Å². The highest BCUT2D eigenvalue weighted by Gasteiger charge is 2.16. The van der Waals surface area contributed by atoms with Crippen molar-refractivity contribution in [1.29, 1.82) is 0 Å². The molecule has 0 aliphatic carbocycles. The third kappa shape index (κ3) is 4.74. The van der Waals surface area contributed by atoms with Crippen LogP contribution < -0.4 is 20.1 Å². The molecule has 1 aliphatic heterocycles. The molecule has 2 amide bonds. The van der Waals surface area contributed by atoms with Gasteiger partial charge in [0.15, 0.2) is 11.5 Å². The van der Waals surface area contributed by atoms with Gasteiger partial charge in [0, 0.05) is 23.0 Å². The molecule has 0 atom stereocenters. The molecule has 5 rings (SSSR count). The average molecular weight is 450 g/mol. The number of fused-ring (bicyclic) bond motifs is 1. The minimum absolute atomic E-state index is 0.00813. The number of benzene rings is 3. The van der Waals surface area contributed by atoms with Gasteiger partial charge < -0.3 is 24.5 Å². The summed E-state index contributed by atoms with van der Waals surface area (Å²) in [7, 11) is 0. The number of hydrogen-bond donors (Lipinski definition) is 2. The second-order valence-corrected chi connectivity index (χ2v) is 7.18. The molecular formula is C23H16F2N4O4. The zero-order valence-corrected chi connectivity index (χ0v) is 17.0. The third-order valence-electron chi connectivity index (χ3n) is 4.75. The quantitative estimate of drug-likeness (QED) is 0.445. The van der Waals surface area contributed by atoms with E-state index in [1.807, 2.05) is 18.2 Å². The van der Waals surface area contributed by atoms with E-state index in [9.17, 15) is 13.6 Å². The van der Waals surface area contributed by atoms with Gasteiger partial charge in [-0.2, -0.15) is 0 Å². The molecule has 1 aliphatic rings. The van der Waals surface area contributed by atoms with Crippen molar-refractivity contribution in [3.05, 3.63) is 83.8 Å². The van der Waals surface area contributed by atoms with Gasteiger partial charge in [0.05, 0.1) is 6.42 Å². The summed E-state index contributed by atoms with van der Waals surface area (Å²) in [5, 5.41) is 13.1. The third-order valence-corrected chi connectivity index (χ3v) is 4.75. The first-order valence-corrected chi connectivity index (χ1v) is 9.87. The van der Waals surface area contributed by atoms with Gasteiger partial charge in [0.2, 0.25) is 18.6 Å². The van der Waals surface area contributed by atoms with Crippen molar-refractivity contribution >= 4 is 17.4 Å². The van der Waals surface area contributed by atoms with E-state index >= 15 is 0 Å². The van der Waals surface area contributed by atoms with Gasteiger partial charge >= 0.3 is 6.03 Å². The number of aromatic nitrogens is 2. The van der Waals surface area contributed by atoms with Crippen molar-refractivity contribution < 1.29 is 27.5 Å². The molecule has 0 spiro atoms. The summed E-state index contributed by atoms with van der Waals surface area (Å²) < 4.78 is 43.0. The Labute approximate surface area is 186 Å². The maximum absolute atomic E-state index is 13.3. The highest BCUT2D eigenvalue weighted by Crippen LogP contribution is 2.33. The van der Waals surface area contributed by atoms with Crippen molar-refractivity contribution in [1.82, 2.24) is 10.2 Å². The van der Waals surface area contributed by atoms with E-state index in [0.717, 1.165) is 23.8 Å². The van der Waals surface area contributed by atoms with Crippen LogP contribution in [0.5, 0.6) is 11.5 Å². The lowest BCUT2D eigenvalue weighted by atomic mass is 10.1. The number of ether oxygens (including phenoxy) is 2. The number of nitrogens with one attached hydrogen (secondary N) is 2. The molecule has 0 saturated heterocycles. The second-order valence-electron chi connectivity index (χ2n) is 7.18. The maximum atomic E-state index is 13.3. The molecular weight excluding hydrogens is 434 g/mol. The van der Waals surface area contributed by atoms with Crippen molar-refractivity contribution in [2.75, 3.05) is 17.4 Å². The minimum atomic E-state index is -0.791. The standard InChI is InChI=1S/C23H16F2N4O4/c24-15-9-16(25)11-18(10-15)27-23(30)26-17-3-1-2-14(8-17)22-29-28-21(33-22)7-13-4-5-19-20(6-13)32-12-31-19/h1-6,8-11H,7,12H2,(H2,26,27,30). The molecule has 33 heavy (non-hydrogen) atoms. The van der Waals surface area contributed by atoms with E-state index in [-0.39, 0.29) is 18.4 Å². The van der Waals surface area contributed by atoms with Gasteiger partial charge in [-0.25, -0.2) is 13.6 Å². The molecule has 3 aromatic carbocycles. The summed E-state index contributed by atoms with van der Waals surface area (Å²) in [5.74, 6) is 0.474. The fourth-order valence-electron chi connectivity index (χ4n) is 3.32. The summed E-state index contributed by atoms with van der Waals surface area (Å²) >= 11 is 0. The molecule has 1 aromatic heterocycles. The van der Waals surface area contributed by atoms with Crippen LogP contribution in [0.3, 0.4) is 0 Å². The molecule has 0 bridgehead atoms. The van der Waals surface area contributed by atoms with Crippen LogP contribution in [0, 0.1) is 11.6 Å². The smallest absolute Gasteiger partial charge is 0.323 e. The molecule has 166 valence electrons. The Bertz CT molecular complexity index is 1320. The van der Waals surface area contributed by atoms with Crippen LogP contribution in [0.4, 0.5) is 25.0 Å². The molecule has 0 fully saturated rings. The molecule has 2 heterocycles. The Kier molecular flexibility index (Phi) is 5.31. The van der Waals surface area contributed by atoms with Gasteiger partial charge in [-0.1, -0.05) is 12.1 Å². The van der Waals surface area contributed by atoms with E-state index < -0.39 is 17.7 Å². The Morgan fingerprint density at radius 1 is 0.879 bits per heavy atom. The van der Waals surface area contributed by atoms with Crippen LogP contribution >= 0.6 is 0 Å². The normalized spacial score (nSPS) is 11.9. The minimum Gasteiger partial charge on any atom is -0.454 e. The number of hydrogen-bond acceptors (Lipinski definition) is 6. The highest BCUT2D eigenvalue weighted by molar-refractivity contribution is 6.00. The van der Waals surface area contributed by atoms with E-state index in [4.69, 9.17) is 13.9 Å². The lowest BCUT2D eigenvalue weighted by Gasteiger charge is -2.08. The van der Waals surface area contributed by atoms with Gasteiger partial charge in [-0.3, -0.25) is 0 Å². The highest BCUT2D eigenvalue weighted by atomic mass is 19.1. The SMILES string of the molecule is O=C(Nc1cc(F)cc(F)c1)Nc1cccc(-c2nnc(Cc3ccc4c(c3)OCO4)o2)c1. The Balaban J connectivity index is 1.26. The van der Waals surface area contributed by atoms with Gasteiger partial charge in [-0.15, -0.1) is 10.2 Å². The largest absolute Gasteiger partial charge is 0.454 e. The number of halogens is 2. The van der Waals surface area contributed by atoms with Crippen LogP contribution in [0.1, 0.15) is 11.5 Å². The van der Waals surface area contributed by atoms with Gasteiger partial charge in [0.25, 0.3) is 0 Å². The molecule has 2 N–H and O–H groups in total. The Morgan fingerprint density at radius 3 is 2.52 bits per heavy atom. The lowest BCUT2D eigenvalue weighted by molar-refractivity contribution is 0.174. The topological polar surface area (TPSA) is 98.5 Å². The first-order chi connectivity index (χ1) is 16.0. The second kappa shape index (κ2) is 8.58. The fourth-order valence-corrected chi connectivity index (χ4v) is 3.32. The monoisotopic (exact) mass is 450 g/mol. The van der Waals surface area contributed by atoms with Crippen LogP contribution in [0.2, 0.25) is 0 Å². The number of nitrogens with zero attached hydrogens (tertiary/aromatic N) is 2. The summed E-state index contributed by atoms with van der Waals surface area (Å²) in [4.78, 5) is 12.2. The van der Waals surface area contributed by atoms with E-state index in [1.165, 1.54) is 0 Å². The zero-order valence-electron chi connectivity index (χ0n) is 17.0. The van der Waals surface area contributed by atoms with Crippen molar-refractivity contribution in [2.45, 2.75) is 6.42 Å². The van der Waals surface area contributed by atoms with E-state index in [1.54, 1.807) is 24.3 Å². The summed E-state index contributed by atoms with van der Waals surface area (Å²) in [6.07, 6.45) is 0.411. The summed E-state index contributed by atoms with van der Waals surface area (Å²) in [6.45, 7) is 0.199. The fraction of sp³-hybridized carbons (Fsp3) is 0.0870. The number of rotatable bonds is 5. The zero-order chi connectivity index (χ0) is 22.8. The number of amides is 2. The molecule has 0 unspecified atom stereocenters. The Hall–Kier alpha value is -4.47. The number of carbonyl (C=O) groups excluding carboxylic acids is 1. The molecule has 0 saturated carbocycles. The number of carbonyl (C=O) groups is 1. The van der Waals surface area contributed by atoms with Crippen molar-refractivity contribution in [3.8, 4) is 23.0 Å². The van der Waals surface area contributed by atoms with Crippen LogP contribution in [-0.2, 0) is 6.42 Å². The van der Waals surface area contributed by atoms with Crippen molar-refractivity contribution in [3.63, 3.8) is 0 Å². The maximum Gasteiger partial charge on any atom is 0.323 e. The van der Waals surface area contributed by atoms with E-state index in [0.29, 0.717) is 35.1 Å². The first-order valence-electron chi connectivity index (χ1n) is 9.87. The van der Waals surface area contributed by atoms with Crippen LogP contribution in [0.25, 0.3) is 11.5 Å². The molecule has 0 radical (unpaired) electrons. The van der Waals surface area contributed by atoms with E-state index in [2.05, 4.69) is 20.8 Å². The van der Waals surface area contributed by atoms with Gasteiger partial charge in [0.1, 0.15) is 11.6 Å². The first kappa shape index (κ1) is 20.4. The lowest BCUT2D eigenvalue weighted by Crippen LogP contribution is -2.19. The predicted molar refractivity (Wildman–Crippen MR) is 114 cm³/mol. The predicted octanol–water partition coefficient (Wildman–Crippen LogP) is 4.98. The van der Waals surface area contributed by atoms with Gasteiger partial charge in [-0.05, 0) is 48.0 Å². The summed E-state index contributed by atoms with van der Waals surface area (Å²) in [5.41, 5.74) is 1.94. The molecule has 8 nitrogen and oxygen atoms in total. The van der Waals surface area contributed by atoms with Crippen LogP contribution in [-0.4, -0.2) is 23.0 Å². The Morgan fingerprint density at radius 2 is 1.67 bits per heavy atom. The molecule has 4 aromatic rings. The van der Waals surface area contributed by atoms with Crippen LogP contribution in [0.15, 0.2) is 65.1 Å². The summed E-state index contributed by atoms with van der Waals surface area (Å²) in [6, 6.07) is 14.4. The number of urea groups is 1. The molecule has 10 heteroatoms.